The lowest BCUT2D eigenvalue weighted by atomic mass is 9.96. The number of nitrogens with zero attached hydrogens (tertiary/aromatic N) is 1. The van der Waals surface area contributed by atoms with Crippen LogP contribution in [0.5, 0.6) is 0 Å². The monoisotopic (exact) mass is 315 g/mol. The molecule has 1 aromatic rings. The van der Waals surface area contributed by atoms with Crippen LogP contribution in [-0.2, 0) is 0 Å². The lowest BCUT2D eigenvalue weighted by molar-refractivity contribution is 0.0346. The number of hydrogen-bond acceptors (Lipinski definition) is 3. The third kappa shape index (κ3) is 3.73. The van der Waals surface area contributed by atoms with Crippen LogP contribution in [-0.4, -0.2) is 41.5 Å². The average molecular weight is 316 g/mol. The molecule has 0 radical (unpaired) electrons. The largest absolute Gasteiger partial charge is 0.393 e. The molecule has 1 aromatic carbocycles. The van der Waals surface area contributed by atoms with Crippen molar-refractivity contribution >= 4 is 29.0 Å². The summed E-state index contributed by atoms with van der Waals surface area (Å²) in [4.78, 5) is 14.4. The maximum atomic E-state index is 12.2. The van der Waals surface area contributed by atoms with E-state index in [9.17, 15) is 9.90 Å². The zero-order valence-corrected chi connectivity index (χ0v) is 13.0. The van der Waals surface area contributed by atoms with Gasteiger partial charge < -0.3 is 10.0 Å². The van der Waals surface area contributed by atoms with Crippen LogP contribution in [0, 0.1) is 5.92 Å². The van der Waals surface area contributed by atoms with E-state index in [0.29, 0.717) is 28.6 Å². The fraction of sp³-hybridized carbons (Fsp3) is 0.533. The van der Waals surface area contributed by atoms with E-state index in [2.05, 4.69) is 4.90 Å². The first kappa shape index (κ1) is 15.8. The van der Waals surface area contributed by atoms with Gasteiger partial charge in [0.25, 0.3) is 0 Å². The minimum absolute atomic E-state index is 0.0104. The molecule has 0 aromatic heterocycles. The molecule has 5 heteroatoms. The van der Waals surface area contributed by atoms with E-state index in [-0.39, 0.29) is 17.8 Å². The van der Waals surface area contributed by atoms with Crippen molar-refractivity contribution in [3.05, 3.63) is 33.8 Å². The topological polar surface area (TPSA) is 40.5 Å². The Kier molecular flexibility index (Phi) is 5.44. The number of rotatable bonds is 4. The van der Waals surface area contributed by atoms with Gasteiger partial charge in [0, 0.05) is 31.6 Å². The molecule has 1 saturated heterocycles. The zero-order valence-electron chi connectivity index (χ0n) is 11.5. The molecule has 0 spiro atoms. The minimum Gasteiger partial charge on any atom is -0.393 e. The standard InChI is InChI=1S/C15H19Cl2NO2/c1-10-9-18(7-5-13(10)19)8-6-14(20)11-3-2-4-12(16)15(11)17/h2-4,10,13,19H,5-9H2,1H3. The summed E-state index contributed by atoms with van der Waals surface area (Å²) in [7, 11) is 0. The van der Waals surface area contributed by atoms with Gasteiger partial charge in [0.2, 0.25) is 0 Å². The Bertz CT molecular complexity index is 493. The molecule has 2 atom stereocenters. The van der Waals surface area contributed by atoms with Crippen LogP contribution in [0.25, 0.3) is 0 Å². The highest BCUT2D eigenvalue weighted by Gasteiger charge is 2.24. The molecule has 1 N–H and O–H groups in total. The van der Waals surface area contributed by atoms with Crippen molar-refractivity contribution in [3.8, 4) is 0 Å². The first-order chi connectivity index (χ1) is 9.49. The minimum atomic E-state index is -0.218. The molecule has 2 unspecified atom stereocenters. The van der Waals surface area contributed by atoms with Gasteiger partial charge in [-0.1, -0.05) is 36.2 Å². The fourth-order valence-corrected chi connectivity index (χ4v) is 2.94. The SMILES string of the molecule is CC1CN(CCC(=O)c2cccc(Cl)c2Cl)CCC1O. The van der Waals surface area contributed by atoms with Gasteiger partial charge in [0.05, 0.1) is 16.1 Å². The summed E-state index contributed by atoms with van der Waals surface area (Å²) in [6.45, 7) is 4.39. The van der Waals surface area contributed by atoms with Crippen molar-refractivity contribution in [2.24, 2.45) is 5.92 Å². The number of ketones is 1. The first-order valence-electron chi connectivity index (χ1n) is 6.86. The number of aliphatic hydroxyl groups is 1. The molecule has 1 aliphatic heterocycles. The lowest BCUT2D eigenvalue weighted by Gasteiger charge is -2.34. The number of halogens is 2. The summed E-state index contributed by atoms with van der Waals surface area (Å²) in [5, 5.41) is 10.4. The predicted octanol–water partition coefficient (Wildman–Crippen LogP) is 3.27. The number of Topliss-reactive ketones (excluding diaryl/α,β-unsaturated/α-hetero) is 1. The van der Waals surface area contributed by atoms with Crippen molar-refractivity contribution in [2.45, 2.75) is 25.9 Å². The number of carbonyl (C=O) groups excluding carboxylic acids is 1. The molecule has 3 nitrogen and oxygen atoms in total. The van der Waals surface area contributed by atoms with Gasteiger partial charge in [-0.2, -0.15) is 0 Å². The lowest BCUT2D eigenvalue weighted by Crippen LogP contribution is -2.42. The van der Waals surface area contributed by atoms with Gasteiger partial charge >= 0.3 is 0 Å². The van der Waals surface area contributed by atoms with Crippen LogP contribution in [0.3, 0.4) is 0 Å². The van der Waals surface area contributed by atoms with Gasteiger partial charge in [-0.15, -0.1) is 0 Å². The fourth-order valence-electron chi connectivity index (χ4n) is 2.54. The molecule has 0 aliphatic carbocycles. The molecule has 1 aliphatic rings. The predicted molar refractivity (Wildman–Crippen MR) is 81.6 cm³/mol. The summed E-state index contributed by atoms with van der Waals surface area (Å²) in [6.07, 6.45) is 0.972. The van der Waals surface area contributed by atoms with Crippen molar-refractivity contribution in [2.75, 3.05) is 19.6 Å². The van der Waals surface area contributed by atoms with E-state index in [1.807, 2.05) is 6.92 Å². The van der Waals surface area contributed by atoms with Crippen LogP contribution in [0.4, 0.5) is 0 Å². The Morgan fingerprint density at radius 2 is 2.20 bits per heavy atom. The quantitative estimate of drug-likeness (QED) is 0.867. The Morgan fingerprint density at radius 3 is 2.90 bits per heavy atom. The number of benzene rings is 1. The number of piperidine rings is 1. The summed E-state index contributed by atoms with van der Waals surface area (Å²) in [5.74, 6) is 0.268. The van der Waals surface area contributed by atoms with Gasteiger partial charge in [0.15, 0.2) is 5.78 Å². The van der Waals surface area contributed by atoms with Gasteiger partial charge in [0.1, 0.15) is 0 Å². The second-order valence-corrected chi connectivity index (χ2v) is 6.19. The molecule has 1 fully saturated rings. The van der Waals surface area contributed by atoms with E-state index >= 15 is 0 Å². The Balaban J connectivity index is 1.91. The number of hydrogen-bond donors (Lipinski definition) is 1. The Labute approximate surface area is 129 Å². The third-order valence-corrected chi connectivity index (χ3v) is 4.67. The molecule has 0 bridgehead atoms. The van der Waals surface area contributed by atoms with Gasteiger partial charge in [-0.25, -0.2) is 0 Å². The Hall–Kier alpha value is -0.610. The summed E-state index contributed by atoms with van der Waals surface area (Å²) < 4.78 is 0. The van der Waals surface area contributed by atoms with Gasteiger partial charge in [-0.3, -0.25) is 4.79 Å². The maximum absolute atomic E-state index is 12.2. The van der Waals surface area contributed by atoms with E-state index in [1.165, 1.54) is 0 Å². The molecule has 0 saturated carbocycles. The second-order valence-electron chi connectivity index (χ2n) is 5.41. The molecule has 20 heavy (non-hydrogen) atoms. The highest BCUT2D eigenvalue weighted by atomic mass is 35.5. The molecule has 110 valence electrons. The van der Waals surface area contributed by atoms with Crippen molar-refractivity contribution in [3.63, 3.8) is 0 Å². The number of likely N-dealkylation sites (tertiary alicyclic amines) is 1. The van der Waals surface area contributed by atoms with E-state index in [1.54, 1.807) is 18.2 Å². The average Bonchev–Trinajstić information content (AvgIpc) is 2.43. The highest BCUT2D eigenvalue weighted by molar-refractivity contribution is 6.43. The first-order valence-corrected chi connectivity index (χ1v) is 7.62. The van der Waals surface area contributed by atoms with Crippen molar-refractivity contribution in [1.82, 2.24) is 4.90 Å². The molecular weight excluding hydrogens is 297 g/mol. The molecule has 0 amide bonds. The zero-order chi connectivity index (χ0) is 14.7. The van der Waals surface area contributed by atoms with Crippen LogP contribution in [0.2, 0.25) is 10.0 Å². The molecular formula is C15H19Cl2NO2. The van der Waals surface area contributed by atoms with Crippen molar-refractivity contribution in [1.29, 1.82) is 0 Å². The number of carbonyl (C=O) groups is 1. The van der Waals surface area contributed by atoms with Gasteiger partial charge in [-0.05, 0) is 24.5 Å². The van der Waals surface area contributed by atoms with Crippen LogP contribution in [0.1, 0.15) is 30.1 Å². The smallest absolute Gasteiger partial charge is 0.165 e. The van der Waals surface area contributed by atoms with E-state index < -0.39 is 0 Å². The van der Waals surface area contributed by atoms with Crippen LogP contribution >= 0.6 is 23.2 Å². The third-order valence-electron chi connectivity index (χ3n) is 3.85. The van der Waals surface area contributed by atoms with Crippen LogP contribution in [0.15, 0.2) is 18.2 Å². The molecule has 2 rings (SSSR count). The Morgan fingerprint density at radius 1 is 1.45 bits per heavy atom. The molecule has 1 heterocycles. The normalized spacial score (nSPS) is 23.8. The maximum Gasteiger partial charge on any atom is 0.165 e. The highest BCUT2D eigenvalue weighted by Crippen LogP contribution is 2.26. The summed E-state index contributed by atoms with van der Waals surface area (Å²) in [6, 6.07) is 5.12. The summed E-state index contributed by atoms with van der Waals surface area (Å²) in [5.41, 5.74) is 0.490. The number of aliphatic hydroxyl groups excluding tert-OH is 1. The summed E-state index contributed by atoms with van der Waals surface area (Å²) >= 11 is 12.0. The van der Waals surface area contributed by atoms with E-state index in [4.69, 9.17) is 23.2 Å². The van der Waals surface area contributed by atoms with E-state index in [0.717, 1.165) is 19.5 Å². The van der Waals surface area contributed by atoms with Crippen LogP contribution < -0.4 is 0 Å². The van der Waals surface area contributed by atoms with Crippen molar-refractivity contribution < 1.29 is 9.90 Å². The second kappa shape index (κ2) is 6.90.